The second kappa shape index (κ2) is 16.7. The van der Waals surface area contributed by atoms with Crippen LogP contribution in [-0.4, -0.2) is 70.3 Å². The van der Waals surface area contributed by atoms with Crippen LogP contribution in [0.5, 0.6) is 0 Å². The lowest BCUT2D eigenvalue weighted by Crippen LogP contribution is -2.28. The molecule has 0 aliphatic carbocycles. The van der Waals surface area contributed by atoms with Crippen LogP contribution in [0.2, 0.25) is 0 Å². The summed E-state index contributed by atoms with van der Waals surface area (Å²) in [5.74, 6) is 0. The summed E-state index contributed by atoms with van der Waals surface area (Å²) in [4.78, 5) is 14.3. The molecule has 2 saturated heterocycles. The molecule has 2 fully saturated rings. The summed E-state index contributed by atoms with van der Waals surface area (Å²) in [6.45, 7) is 8.76. The van der Waals surface area contributed by atoms with Gasteiger partial charge in [-0.3, -0.25) is 9.80 Å². The van der Waals surface area contributed by atoms with E-state index in [1.165, 1.54) is 81.4 Å². The topological polar surface area (TPSA) is 87.1 Å². The smallest absolute Gasteiger partial charge is 0.169 e. The molecular weight excluding hydrogens is 736 g/mol. The third-order valence-electron chi connectivity index (χ3n) is 10.6. The van der Waals surface area contributed by atoms with Gasteiger partial charge in [0.2, 0.25) is 0 Å². The van der Waals surface area contributed by atoms with Crippen molar-refractivity contribution in [2.75, 3.05) is 26.2 Å². The van der Waals surface area contributed by atoms with Crippen LogP contribution < -0.4 is 0 Å². The summed E-state index contributed by atoms with van der Waals surface area (Å²) >= 11 is 3.45. The molecule has 9 nitrogen and oxygen atoms in total. The fourth-order valence-corrected chi connectivity index (χ4v) is 7.92. The van der Waals surface area contributed by atoms with Gasteiger partial charge in [0.15, 0.2) is 11.3 Å². The fraction of sp³-hybridized carbons (Fsp3) is 0.318. The molecule has 0 spiro atoms. The van der Waals surface area contributed by atoms with Gasteiger partial charge in [-0.1, -0.05) is 79.6 Å². The van der Waals surface area contributed by atoms with Gasteiger partial charge in [0.25, 0.3) is 0 Å². The van der Waals surface area contributed by atoms with E-state index in [2.05, 4.69) is 89.4 Å². The van der Waals surface area contributed by atoms with Crippen molar-refractivity contribution in [1.82, 2.24) is 39.0 Å². The van der Waals surface area contributed by atoms with Crippen molar-refractivity contribution >= 4 is 27.2 Å². The van der Waals surface area contributed by atoms with Gasteiger partial charge >= 0.3 is 0 Å². The van der Waals surface area contributed by atoms with E-state index in [1.807, 2.05) is 59.8 Å². The zero-order valence-corrected chi connectivity index (χ0v) is 32.4. The van der Waals surface area contributed by atoms with Crippen LogP contribution in [0.1, 0.15) is 68.2 Å². The predicted octanol–water partition coefficient (Wildman–Crippen LogP) is 9.25. The molecule has 1 unspecified atom stereocenters. The molecule has 0 amide bonds. The lowest BCUT2D eigenvalue weighted by atomic mass is 10.0. The molecule has 4 aromatic heterocycles. The zero-order valence-electron chi connectivity index (χ0n) is 30.9. The number of rotatable bonds is 8. The van der Waals surface area contributed by atoms with Gasteiger partial charge in [0.05, 0.1) is 23.0 Å². The highest BCUT2D eigenvalue weighted by Crippen LogP contribution is 2.28. The number of aliphatic hydroxyl groups is 1. The van der Waals surface area contributed by atoms with Crippen molar-refractivity contribution < 1.29 is 5.11 Å². The quantitative estimate of drug-likeness (QED) is 0.165. The Morgan fingerprint density at radius 1 is 0.593 bits per heavy atom. The van der Waals surface area contributed by atoms with Crippen molar-refractivity contribution in [2.24, 2.45) is 0 Å². The van der Waals surface area contributed by atoms with Gasteiger partial charge < -0.3 is 5.11 Å². The minimum atomic E-state index is -0.501. The number of nitrogens with zero attached hydrogens (tertiary/aromatic N) is 8. The Kier molecular flexibility index (Phi) is 11.2. The Morgan fingerprint density at radius 3 is 1.67 bits per heavy atom. The molecule has 2 aliphatic rings. The third-order valence-corrected chi connectivity index (χ3v) is 11.2. The Hall–Kier alpha value is -4.74. The summed E-state index contributed by atoms with van der Waals surface area (Å²) in [6.07, 6.45) is 19.0. The zero-order chi connectivity index (χ0) is 36.9. The van der Waals surface area contributed by atoms with E-state index in [1.54, 1.807) is 17.6 Å². The Morgan fingerprint density at radius 2 is 1.11 bits per heavy atom. The van der Waals surface area contributed by atoms with Crippen LogP contribution in [0, 0.1) is 0 Å². The molecule has 1 N–H and O–H groups in total. The van der Waals surface area contributed by atoms with Crippen molar-refractivity contribution in [3.8, 4) is 33.4 Å². The van der Waals surface area contributed by atoms with Crippen LogP contribution >= 0.6 is 15.9 Å². The van der Waals surface area contributed by atoms with Gasteiger partial charge in [-0.25, -0.2) is 19.0 Å². The average molecular weight is 784 g/mol. The SMILES string of the molecule is Brc1cnn2cc(-c3ccc(CN4CCCCC4)cc3)cnc12.CC(O)c1cccc(-c2cnn3cc(-c4ccc(CN5CCCCC5)cc4)cnc23)c1. The molecule has 7 aromatic rings. The summed E-state index contributed by atoms with van der Waals surface area (Å²) in [5.41, 5.74) is 11.7. The lowest BCUT2D eigenvalue weighted by Gasteiger charge is -2.26. The van der Waals surface area contributed by atoms with Crippen LogP contribution in [0.25, 0.3) is 44.7 Å². The first-order valence-electron chi connectivity index (χ1n) is 19.2. The largest absolute Gasteiger partial charge is 0.389 e. The first-order valence-corrected chi connectivity index (χ1v) is 20.0. The molecular formula is C44H47BrN8O. The van der Waals surface area contributed by atoms with E-state index in [0.717, 1.165) is 62.2 Å². The number of hydrogen-bond donors (Lipinski definition) is 1. The van der Waals surface area contributed by atoms with E-state index in [4.69, 9.17) is 4.98 Å². The number of hydrogen-bond acceptors (Lipinski definition) is 7. The number of halogens is 1. The molecule has 0 saturated carbocycles. The minimum absolute atomic E-state index is 0.501. The molecule has 276 valence electrons. The van der Waals surface area contributed by atoms with E-state index in [0.29, 0.717) is 0 Å². The molecule has 0 bridgehead atoms. The predicted molar refractivity (Wildman–Crippen MR) is 219 cm³/mol. The van der Waals surface area contributed by atoms with Crippen molar-refractivity contribution in [3.05, 3.63) is 131 Å². The van der Waals surface area contributed by atoms with Gasteiger partial charge in [-0.15, -0.1) is 0 Å². The Labute approximate surface area is 325 Å². The van der Waals surface area contributed by atoms with Crippen molar-refractivity contribution in [2.45, 2.75) is 64.6 Å². The highest BCUT2D eigenvalue weighted by molar-refractivity contribution is 9.10. The second-order valence-corrected chi connectivity index (χ2v) is 15.5. The molecule has 54 heavy (non-hydrogen) atoms. The maximum absolute atomic E-state index is 9.89. The molecule has 10 heteroatoms. The monoisotopic (exact) mass is 782 g/mol. The van der Waals surface area contributed by atoms with E-state index in [-0.39, 0.29) is 0 Å². The van der Waals surface area contributed by atoms with Crippen LogP contribution in [0.15, 0.2) is 114 Å². The summed E-state index contributed by atoms with van der Waals surface area (Å²) in [5, 5.41) is 18.7. The number of likely N-dealkylation sites (tertiary alicyclic amines) is 2. The molecule has 3 aromatic carbocycles. The van der Waals surface area contributed by atoms with Gasteiger partial charge in [-0.2, -0.15) is 10.2 Å². The molecule has 6 heterocycles. The van der Waals surface area contributed by atoms with Gasteiger partial charge in [0, 0.05) is 54.6 Å². The van der Waals surface area contributed by atoms with E-state index >= 15 is 0 Å². The third kappa shape index (κ3) is 8.47. The van der Waals surface area contributed by atoms with Crippen LogP contribution in [0.3, 0.4) is 0 Å². The maximum atomic E-state index is 9.89. The first-order chi connectivity index (χ1) is 26.5. The van der Waals surface area contributed by atoms with E-state index in [9.17, 15) is 5.11 Å². The standard InChI is InChI=1S/C26H28N4O.C18H19BrN4/c1-19(31)22-6-5-7-23(14-22)25-16-28-30-18-24(15-27-26(25)30)21-10-8-20(9-11-21)17-29-12-3-2-4-13-29;19-17-11-21-23-13-16(10-20-18(17)23)15-6-4-14(5-7-15)12-22-8-2-1-3-9-22/h5-11,14-16,18-19,31H,2-4,12-13,17H2,1H3;4-7,10-11,13H,1-3,8-9,12H2. The van der Waals surface area contributed by atoms with E-state index < -0.39 is 6.10 Å². The number of aromatic nitrogens is 6. The summed E-state index contributed by atoms with van der Waals surface area (Å²) in [7, 11) is 0. The number of benzene rings is 3. The number of aliphatic hydroxyl groups excluding tert-OH is 1. The maximum Gasteiger partial charge on any atom is 0.169 e. The van der Waals surface area contributed by atoms with Crippen LogP contribution in [0.4, 0.5) is 0 Å². The molecule has 1 atom stereocenters. The molecule has 2 aliphatic heterocycles. The first kappa shape index (κ1) is 36.2. The van der Waals surface area contributed by atoms with Gasteiger partial charge in [-0.05, 0) is 114 Å². The second-order valence-electron chi connectivity index (χ2n) is 14.6. The molecule has 0 radical (unpaired) electrons. The molecule has 9 rings (SSSR count). The minimum Gasteiger partial charge on any atom is -0.389 e. The number of piperidine rings is 2. The Balaban J connectivity index is 0.000000160. The summed E-state index contributed by atoms with van der Waals surface area (Å²) in [6, 6.07) is 25.5. The highest BCUT2D eigenvalue weighted by atomic mass is 79.9. The highest BCUT2D eigenvalue weighted by Gasteiger charge is 2.14. The van der Waals surface area contributed by atoms with Crippen LogP contribution in [-0.2, 0) is 13.1 Å². The van der Waals surface area contributed by atoms with Crippen molar-refractivity contribution in [3.63, 3.8) is 0 Å². The lowest BCUT2D eigenvalue weighted by molar-refractivity contribution is 0.199. The van der Waals surface area contributed by atoms with Crippen molar-refractivity contribution in [1.29, 1.82) is 0 Å². The normalized spacial score (nSPS) is 16.0. The Bertz CT molecular complexity index is 2300. The number of fused-ring (bicyclic) bond motifs is 2. The fourth-order valence-electron chi connectivity index (χ4n) is 7.54. The summed E-state index contributed by atoms with van der Waals surface area (Å²) < 4.78 is 4.56. The van der Waals surface area contributed by atoms with Gasteiger partial charge in [0.1, 0.15) is 0 Å². The average Bonchev–Trinajstić information content (AvgIpc) is 3.82.